The number of amides is 1. The summed E-state index contributed by atoms with van der Waals surface area (Å²) < 4.78 is 5.70. The molecule has 3 N–H and O–H groups in total. The van der Waals surface area contributed by atoms with Crippen LogP contribution in [0.25, 0.3) is 44.4 Å². The second-order valence-electron chi connectivity index (χ2n) is 13.8. The van der Waals surface area contributed by atoms with Crippen molar-refractivity contribution in [1.29, 1.82) is 0 Å². The van der Waals surface area contributed by atoms with Crippen LogP contribution < -0.4 is 5.32 Å². The van der Waals surface area contributed by atoms with Crippen LogP contribution in [-0.2, 0) is 11.2 Å². The molecule has 3 aromatic carbocycles. The number of aromatic amines is 2. The van der Waals surface area contributed by atoms with E-state index in [0.717, 1.165) is 72.1 Å². The number of rotatable bonds is 6. The van der Waals surface area contributed by atoms with Gasteiger partial charge in [0.05, 0.1) is 29.7 Å². The minimum absolute atomic E-state index is 0.107. The minimum atomic E-state index is -0.531. The number of aryl methyl sites for hydroxylation is 2. The highest BCUT2D eigenvalue weighted by Crippen LogP contribution is 2.36. The Hall–Kier alpha value is -4.43. The highest BCUT2D eigenvalue weighted by atomic mass is 16.6. The number of benzene rings is 3. The molecule has 0 aliphatic carbocycles. The third kappa shape index (κ3) is 6.90. The van der Waals surface area contributed by atoms with Gasteiger partial charge in [-0.25, -0.2) is 14.8 Å². The maximum atomic E-state index is 12.9. The van der Waals surface area contributed by atoms with E-state index in [0.29, 0.717) is 12.6 Å². The molecule has 0 radical (unpaired) electrons. The fourth-order valence-electron chi connectivity index (χ4n) is 6.96. The minimum Gasteiger partial charge on any atom is -0.444 e. The molecule has 0 saturated carbocycles. The van der Waals surface area contributed by atoms with E-state index in [1.54, 1.807) is 0 Å². The number of nitrogens with zero attached hydrogens (tertiary/aromatic N) is 3. The molecule has 2 aromatic heterocycles. The maximum Gasteiger partial charge on any atom is 0.410 e. The van der Waals surface area contributed by atoms with Crippen LogP contribution in [0.4, 0.5) is 4.79 Å². The first-order valence-electron chi connectivity index (χ1n) is 17.7. The molecule has 7 rings (SSSR count). The van der Waals surface area contributed by atoms with Gasteiger partial charge in [0, 0.05) is 23.4 Å². The van der Waals surface area contributed by atoms with E-state index in [4.69, 9.17) is 9.72 Å². The summed E-state index contributed by atoms with van der Waals surface area (Å²) in [7, 11) is 0. The number of hydrogen-bond acceptors (Lipinski definition) is 5. The van der Waals surface area contributed by atoms with Crippen molar-refractivity contribution in [2.45, 2.75) is 98.3 Å². The number of ether oxygens (including phenoxy) is 1. The lowest BCUT2D eigenvalue weighted by Gasteiger charge is -2.27. The number of hydrogen-bond donors (Lipinski definition) is 3. The second kappa shape index (κ2) is 14.0. The molecule has 8 heteroatoms. The number of likely N-dealkylation sites (tertiary alicyclic amines) is 1. The predicted octanol–water partition coefficient (Wildman–Crippen LogP) is 9.68. The molecular formula is C40H50N6O2. The third-order valence-corrected chi connectivity index (χ3v) is 9.31. The van der Waals surface area contributed by atoms with Crippen molar-refractivity contribution < 1.29 is 9.53 Å². The van der Waals surface area contributed by atoms with Gasteiger partial charge in [-0.05, 0) is 106 Å². The molecule has 2 aliphatic heterocycles. The summed E-state index contributed by atoms with van der Waals surface area (Å²) in [6.07, 6.45) is 6.69. The first kappa shape index (κ1) is 33.5. The molecule has 2 fully saturated rings. The molecule has 2 aliphatic rings. The molecule has 5 aromatic rings. The van der Waals surface area contributed by atoms with Crippen molar-refractivity contribution >= 4 is 16.9 Å². The summed E-state index contributed by atoms with van der Waals surface area (Å²) >= 11 is 0. The summed E-state index contributed by atoms with van der Waals surface area (Å²) in [5, 5.41) is 5.93. The largest absolute Gasteiger partial charge is 0.444 e. The van der Waals surface area contributed by atoms with E-state index in [2.05, 4.69) is 88.7 Å². The number of imidazole rings is 2. The predicted molar refractivity (Wildman–Crippen MR) is 195 cm³/mol. The van der Waals surface area contributed by atoms with Crippen molar-refractivity contribution in [2.75, 3.05) is 13.1 Å². The average molecular weight is 647 g/mol. The highest BCUT2D eigenvalue weighted by molar-refractivity contribution is 5.90. The van der Waals surface area contributed by atoms with Crippen LogP contribution in [0.3, 0.4) is 0 Å². The Kier molecular flexibility index (Phi) is 9.74. The van der Waals surface area contributed by atoms with Crippen molar-refractivity contribution in [3.05, 3.63) is 83.7 Å². The van der Waals surface area contributed by atoms with E-state index in [-0.39, 0.29) is 12.1 Å². The van der Waals surface area contributed by atoms with Gasteiger partial charge in [0.15, 0.2) is 0 Å². The van der Waals surface area contributed by atoms with Crippen LogP contribution in [0, 0.1) is 6.92 Å². The van der Waals surface area contributed by atoms with E-state index in [9.17, 15) is 4.79 Å². The summed E-state index contributed by atoms with van der Waals surface area (Å²) in [5.41, 5.74) is 8.39. The first-order valence-corrected chi connectivity index (χ1v) is 17.7. The number of carbonyl (C=O) groups is 1. The molecule has 252 valence electrons. The maximum absolute atomic E-state index is 12.9. The SMILES string of the molecule is CC.CCc1cc(-c2ccc3cc(-c4cnc([C@@H]5CCCN5)[nH]4)ccc3c2)ccc1-c1nc([C@@H]2CCCN2C(=O)OC(C)(C)C)[nH]c1C. The lowest BCUT2D eigenvalue weighted by molar-refractivity contribution is 0.0218. The van der Waals surface area contributed by atoms with Crippen LogP contribution in [0.1, 0.15) is 102 Å². The van der Waals surface area contributed by atoms with Gasteiger partial charge in [-0.3, -0.25) is 4.90 Å². The monoisotopic (exact) mass is 646 g/mol. The molecular weight excluding hydrogens is 596 g/mol. The van der Waals surface area contributed by atoms with E-state index >= 15 is 0 Å². The van der Waals surface area contributed by atoms with Crippen LogP contribution in [-0.4, -0.2) is 49.6 Å². The van der Waals surface area contributed by atoms with Crippen LogP contribution in [0.15, 0.2) is 60.8 Å². The zero-order valence-corrected chi connectivity index (χ0v) is 29.5. The van der Waals surface area contributed by atoms with Gasteiger partial charge in [-0.2, -0.15) is 0 Å². The summed E-state index contributed by atoms with van der Waals surface area (Å²) in [4.78, 5) is 31.6. The molecule has 0 spiro atoms. The molecule has 0 bridgehead atoms. The standard InChI is InChI=1S/C38H44N6O2.C2H6/c1-6-24-19-28(15-16-30(24)34-23(2)41-36(43-34)33-10-8-18-44(33)37(45)46-38(3,4)5)25-11-12-27-21-29(14-13-26(27)20-25)32-22-40-35(42-32)31-9-7-17-39-31;1-2/h11-16,19-22,31,33,39H,6-10,17-18H2,1-5H3,(H,40,42)(H,41,43);1-2H3/t31-,33-;/m0./s1. The quantitative estimate of drug-likeness (QED) is 0.171. The van der Waals surface area contributed by atoms with E-state index < -0.39 is 5.60 Å². The lowest BCUT2D eigenvalue weighted by atomic mass is 9.94. The fourth-order valence-corrected chi connectivity index (χ4v) is 6.96. The van der Waals surface area contributed by atoms with Gasteiger partial charge in [0.2, 0.25) is 0 Å². The number of nitrogens with one attached hydrogen (secondary N) is 3. The zero-order chi connectivity index (χ0) is 34.0. The van der Waals surface area contributed by atoms with Crippen molar-refractivity contribution in [3.63, 3.8) is 0 Å². The molecule has 0 unspecified atom stereocenters. The van der Waals surface area contributed by atoms with Crippen molar-refractivity contribution in [1.82, 2.24) is 30.2 Å². The zero-order valence-electron chi connectivity index (χ0n) is 29.5. The Balaban J connectivity index is 0.00000197. The van der Waals surface area contributed by atoms with Gasteiger partial charge in [0.25, 0.3) is 0 Å². The Bertz CT molecular complexity index is 1890. The molecule has 4 heterocycles. The Morgan fingerprint density at radius 2 is 1.62 bits per heavy atom. The van der Waals surface area contributed by atoms with Crippen LogP contribution in [0.2, 0.25) is 0 Å². The average Bonchev–Trinajstić information content (AvgIpc) is 3.91. The highest BCUT2D eigenvalue weighted by Gasteiger charge is 2.35. The smallest absolute Gasteiger partial charge is 0.410 e. The summed E-state index contributed by atoms with van der Waals surface area (Å²) in [6.45, 7) is 15.7. The van der Waals surface area contributed by atoms with Crippen LogP contribution >= 0.6 is 0 Å². The number of H-pyrrole nitrogens is 2. The van der Waals surface area contributed by atoms with Crippen LogP contribution in [0.5, 0.6) is 0 Å². The van der Waals surface area contributed by atoms with Crippen molar-refractivity contribution in [2.24, 2.45) is 0 Å². The topological polar surface area (TPSA) is 98.9 Å². The molecule has 2 saturated heterocycles. The van der Waals surface area contributed by atoms with Gasteiger partial charge in [0.1, 0.15) is 17.2 Å². The number of fused-ring (bicyclic) bond motifs is 1. The number of aromatic nitrogens is 4. The summed E-state index contributed by atoms with van der Waals surface area (Å²) in [5.74, 6) is 1.86. The lowest BCUT2D eigenvalue weighted by Crippen LogP contribution is -2.36. The first-order chi connectivity index (χ1) is 23.2. The van der Waals surface area contributed by atoms with E-state index in [1.807, 2.05) is 45.7 Å². The van der Waals surface area contributed by atoms with Gasteiger partial charge < -0.3 is 20.0 Å². The Labute approximate surface area is 284 Å². The number of carbonyl (C=O) groups excluding carboxylic acids is 1. The van der Waals surface area contributed by atoms with E-state index in [1.165, 1.54) is 33.9 Å². The molecule has 2 atom stereocenters. The fraction of sp³-hybridized carbons (Fsp3) is 0.425. The normalized spacial score (nSPS) is 17.9. The molecule has 8 nitrogen and oxygen atoms in total. The molecule has 1 amide bonds. The second-order valence-corrected chi connectivity index (χ2v) is 13.8. The van der Waals surface area contributed by atoms with Gasteiger partial charge in [-0.15, -0.1) is 0 Å². The Morgan fingerprint density at radius 1 is 0.917 bits per heavy atom. The third-order valence-electron chi connectivity index (χ3n) is 9.31. The molecule has 48 heavy (non-hydrogen) atoms. The van der Waals surface area contributed by atoms with Crippen molar-refractivity contribution in [3.8, 4) is 33.6 Å². The van der Waals surface area contributed by atoms with Gasteiger partial charge >= 0.3 is 6.09 Å². The Morgan fingerprint density at radius 3 is 2.33 bits per heavy atom. The summed E-state index contributed by atoms with van der Waals surface area (Å²) in [6, 6.07) is 20.2. The van der Waals surface area contributed by atoms with Gasteiger partial charge in [-0.1, -0.05) is 63.2 Å².